The second kappa shape index (κ2) is 5.41. The Morgan fingerprint density at radius 2 is 2.06 bits per heavy atom. The third-order valence-corrected chi connectivity index (χ3v) is 3.64. The minimum absolute atomic E-state index is 0.373. The van der Waals surface area contributed by atoms with Crippen molar-refractivity contribution in [3.8, 4) is 5.75 Å². The molecule has 17 heavy (non-hydrogen) atoms. The van der Waals surface area contributed by atoms with Crippen molar-refractivity contribution in [3.63, 3.8) is 0 Å². The summed E-state index contributed by atoms with van der Waals surface area (Å²) in [7, 11) is 2.18. The third kappa shape index (κ3) is 3.37. The predicted molar refractivity (Wildman–Crippen MR) is 71.6 cm³/mol. The molecule has 1 aromatic rings. The van der Waals surface area contributed by atoms with Crippen molar-refractivity contribution in [2.24, 2.45) is 5.92 Å². The first-order valence-electron chi connectivity index (χ1n) is 6.37. The van der Waals surface area contributed by atoms with Crippen LogP contribution in [0.2, 0.25) is 0 Å². The van der Waals surface area contributed by atoms with Gasteiger partial charge < -0.3 is 15.3 Å². The summed E-state index contributed by atoms with van der Waals surface area (Å²) in [6.45, 7) is 5.32. The maximum absolute atomic E-state index is 9.63. The van der Waals surface area contributed by atoms with Gasteiger partial charge in [-0.25, -0.2) is 0 Å². The monoisotopic (exact) mass is 234 g/mol. The highest BCUT2D eigenvalue weighted by Crippen LogP contribution is 2.22. The zero-order valence-corrected chi connectivity index (χ0v) is 10.7. The second-order valence-corrected chi connectivity index (χ2v) is 5.13. The second-order valence-electron chi connectivity index (χ2n) is 5.13. The fraction of sp³-hybridized carbons (Fsp3) is 0.571. The fourth-order valence-corrected chi connectivity index (χ4v) is 2.25. The van der Waals surface area contributed by atoms with E-state index in [9.17, 15) is 5.11 Å². The lowest BCUT2D eigenvalue weighted by Gasteiger charge is -2.29. The zero-order chi connectivity index (χ0) is 12.3. The molecule has 0 aromatic heterocycles. The van der Waals surface area contributed by atoms with E-state index in [2.05, 4.69) is 17.3 Å². The predicted octanol–water partition coefficient (Wildman–Crippen LogP) is 2.45. The number of nitrogens with zero attached hydrogens (tertiary/aromatic N) is 1. The summed E-state index contributed by atoms with van der Waals surface area (Å²) in [5.74, 6) is 1.13. The van der Waals surface area contributed by atoms with Crippen molar-refractivity contribution >= 4 is 5.69 Å². The Morgan fingerprint density at radius 1 is 1.35 bits per heavy atom. The van der Waals surface area contributed by atoms with Crippen molar-refractivity contribution in [1.29, 1.82) is 0 Å². The van der Waals surface area contributed by atoms with Crippen LogP contribution in [0, 0.1) is 12.8 Å². The van der Waals surface area contributed by atoms with Gasteiger partial charge in [0, 0.05) is 18.3 Å². The van der Waals surface area contributed by atoms with Crippen LogP contribution in [0.3, 0.4) is 0 Å². The standard InChI is InChI=1S/C14H22N2O/c1-11-3-4-13(9-14(11)17)15-10-12-5-7-16(2)8-6-12/h3-4,9,12,15,17H,5-8,10H2,1-2H3. The van der Waals surface area contributed by atoms with E-state index in [4.69, 9.17) is 0 Å². The molecule has 1 fully saturated rings. The highest BCUT2D eigenvalue weighted by atomic mass is 16.3. The molecular weight excluding hydrogens is 212 g/mol. The molecule has 94 valence electrons. The first kappa shape index (κ1) is 12.2. The number of hydrogen-bond acceptors (Lipinski definition) is 3. The summed E-state index contributed by atoms with van der Waals surface area (Å²) < 4.78 is 0. The molecule has 0 aliphatic carbocycles. The number of aryl methyl sites for hydroxylation is 1. The van der Waals surface area contributed by atoms with Gasteiger partial charge in [0.2, 0.25) is 0 Å². The fourth-order valence-electron chi connectivity index (χ4n) is 2.25. The van der Waals surface area contributed by atoms with E-state index in [1.165, 1.54) is 25.9 Å². The first-order chi connectivity index (χ1) is 8.15. The van der Waals surface area contributed by atoms with E-state index in [1.54, 1.807) is 0 Å². The van der Waals surface area contributed by atoms with Gasteiger partial charge in [0.25, 0.3) is 0 Å². The van der Waals surface area contributed by atoms with E-state index < -0.39 is 0 Å². The highest BCUT2D eigenvalue weighted by Gasteiger charge is 2.16. The Kier molecular flexibility index (Phi) is 3.89. The number of aromatic hydroxyl groups is 1. The van der Waals surface area contributed by atoms with Crippen molar-refractivity contribution in [2.75, 3.05) is 32.0 Å². The smallest absolute Gasteiger partial charge is 0.120 e. The van der Waals surface area contributed by atoms with E-state index in [1.807, 2.05) is 25.1 Å². The molecule has 0 radical (unpaired) electrons. The topological polar surface area (TPSA) is 35.5 Å². The average molecular weight is 234 g/mol. The molecular formula is C14H22N2O. The summed E-state index contributed by atoms with van der Waals surface area (Å²) in [4.78, 5) is 2.38. The van der Waals surface area contributed by atoms with Crippen LogP contribution < -0.4 is 5.32 Å². The summed E-state index contributed by atoms with van der Waals surface area (Å²) in [6.07, 6.45) is 2.53. The Bertz CT molecular complexity index is 370. The van der Waals surface area contributed by atoms with E-state index in [-0.39, 0.29) is 0 Å². The van der Waals surface area contributed by atoms with Gasteiger partial charge in [-0.1, -0.05) is 6.07 Å². The lowest BCUT2D eigenvalue weighted by atomic mass is 9.97. The maximum atomic E-state index is 9.63. The van der Waals surface area contributed by atoms with Crippen molar-refractivity contribution in [2.45, 2.75) is 19.8 Å². The number of hydrogen-bond donors (Lipinski definition) is 2. The molecule has 1 aliphatic heterocycles. The molecule has 2 rings (SSSR count). The number of piperidine rings is 1. The number of phenols is 1. The SMILES string of the molecule is Cc1ccc(NCC2CCN(C)CC2)cc1O. The first-order valence-corrected chi connectivity index (χ1v) is 6.37. The molecule has 3 heteroatoms. The number of likely N-dealkylation sites (tertiary alicyclic amines) is 1. The number of benzene rings is 1. The van der Waals surface area contributed by atoms with Gasteiger partial charge in [-0.2, -0.15) is 0 Å². The lowest BCUT2D eigenvalue weighted by Crippen LogP contribution is -2.32. The summed E-state index contributed by atoms with van der Waals surface area (Å²) in [6, 6.07) is 5.79. The summed E-state index contributed by atoms with van der Waals surface area (Å²) in [5.41, 5.74) is 1.95. The number of rotatable bonds is 3. The Labute approximate surface area is 103 Å². The molecule has 0 amide bonds. The largest absolute Gasteiger partial charge is 0.508 e. The van der Waals surface area contributed by atoms with Gasteiger partial charge in [-0.15, -0.1) is 0 Å². The van der Waals surface area contributed by atoms with Crippen LogP contribution in [-0.4, -0.2) is 36.7 Å². The lowest BCUT2D eigenvalue weighted by molar-refractivity contribution is 0.226. The van der Waals surface area contributed by atoms with Gasteiger partial charge in [-0.3, -0.25) is 0 Å². The Balaban J connectivity index is 1.83. The van der Waals surface area contributed by atoms with Crippen LogP contribution in [0.1, 0.15) is 18.4 Å². The van der Waals surface area contributed by atoms with Crippen molar-refractivity contribution in [1.82, 2.24) is 4.90 Å². The molecule has 1 aliphatic rings. The molecule has 0 spiro atoms. The number of nitrogens with one attached hydrogen (secondary N) is 1. The third-order valence-electron chi connectivity index (χ3n) is 3.64. The van der Waals surface area contributed by atoms with E-state index >= 15 is 0 Å². The maximum Gasteiger partial charge on any atom is 0.120 e. The average Bonchev–Trinajstić information content (AvgIpc) is 2.33. The summed E-state index contributed by atoms with van der Waals surface area (Å²) in [5, 5.41) is 13.0. The molecule has 1 aromatic carbocycles. The minimum atomic E-state index is 0.373. The number of phenolic OH excluding ortho intramolecular Hbond substituents is 1. The molecule has 3 nitrogen and oxygen atoms in total. The minimum Gasteiger partial charge on any atom is -0.508 e. The van der Waals surface area contributed by atoms with E-state index in [0.29, 0.717) is 5.75 Å². The molecule has 0 bridgehead atoms. The normalized spacial score (nSPS) is 18.2. The van der Waals surface area contributed by atoms with Crippen LogP contribution in [0.4, 0.5) is 5.69 Å². The van der Waals surface area contributed by atoms with Crippen LogP contribution in [-0.2, 0) is 0 Å². The van der Waals surface area contributed by atoms with Crippen molar-refractivity contribution in [3.05, 3.63) is 23.8 Å². The van der Waals surface area contributed by atoms with Crippen LogP contribution in [0.15, 0.2) is 18.2 Å². The van der Waals surface area contributed by atoms with Crippen LogP contribution >= 0.6 is 0 Å². The molecule has 0 atom stereocenters. The summed E-state index contributed by atoms with van der Waals surface area (Å²) >= 11 is 0. The van der Waals surface area contributed by atoms with Crippen LogP contribution in [0.5, 0.6) is 5.75 Å². The van der Waals surface area contributed by atoms with E-state index in [0.717, 1.165) is 23.7 Å². The molecule has 1 heterocycles. The Hall–Kier alpha value is -1.22. The number of anilines is 1. The van der Waals surface area contributed by atoms with Gasteiger partial charge >= 0.3 is 0 Å². The van der Waals surface area contributed by atoms with Gasteiger partial charge in [0.1, 0.15) is 5.75 Å². The Morgan fingerprint density at radius 3 is 2.71 bits per heavy atom. The highest BCUT2D eigenvalue weighted by molar-refractivity contribution is 5.50. The molecule has 0 saturated carbocycles. The van der Waals surface area contributed by atoms with Gasteiger partial charge in [0.05, 0.1) is 0 Å². The quantitative estimate of drug-likeness (QED) is 0.843. The molecule has 0 unspecified atom stereocenters. The molecule has 1 saturated heterocycles. The zero-order valence-electron chi connectivity index (χ0n) is 10.7. The van der Waals surface area contributed by atoms with Gasteiger partial charge in [-0.05, 0) is 57.5 Å². The van der Waals surface area contributed by atoms with Gasteiger partial charge in [0.15, 0.2) is 0 Å². The van der Waals surface area contributed by atoms with Crippen molar-refractivity contribution < 1.29 is 5.11 Å². The van der Waals surface area contributed by atoms with Crippen LogP contribution in [0.25, 0.3) is 0 Å². The molecule has 2 N–H and O–H groups in total.